The van der Waals surface area contributed by atoms with Gasteiger partial charge in [-0.15, -0.1) is 0 Å². The van der Waals surface area contributed by atoms with Crippen molar-refractivity contribution in [2.75, 3.05) is 44.3 Å². The molecule has 116 valence electrons. The Morgan fingerprint density at radius 1 is 1.32 bits per heavy atom. The molecule has 2 saturated heterocycles. The average molecular weight is 303 g/mol. The topological polar surface area (TPSA) is 83.2 Å². The van der Waals surface area contributed by atoms with Gasteiger partial charge in [0.1, 0.15) is 0 Å². The Kier molecular flexibility index (Phi) is 3.11. The summed E-state index contributed by atoms with van der Waals surface area (Å²) in [5.41, 5.74) is 1.76. The van der Waals surface area contributed by atoms with Crippen LogP contribution in [0.4, 0.5) is 10.6 Å². The van der Waals surface area contributed by atoms with Gasteiger partial charge in [-0.3, -0.25) is 0 Å². The molecule has 0 bridgehead atoms. The van der Waals surface area contributed by atoms with Crippen LogP contribution in [0.3, 0.4) is 0 Å². The third-order valence-electron chi connectivity index (χ3n) is 4.26. The maximum atomic E-state index is 10.9. The van der Waals surface area contributed by atoms with Crippen LogP contribution < -0.4 is 4.90 Å². The quantitative estimate of drug-likeness (QED) is 0.877. The fraction of sp³-hybridized carbons (Fsp3) is 0.500. The molecule has 4 heterocycles. The second kappa shape index (κ2) is 5.13. The Hall–Kier alpha value is -2.35. The van der Waals surface area contributed by atoms with Crippen LogP contribution in [0.5, 0.6) is 0 Å². The van der Waals surface area contributed by atoms with E-state index in [2.05, 4.69) is 9.88 Å². The van der Waals surface area contributed by atoms with Crippen molar-refractivity contribution in [2.24, 2.45) is 0 Å². The van der Waals surface area contributed by atoms with Crippen LogP contribution in [0.2, 0.25) is 0 Å². The van der Waals surface area contributed by atoms with E-state index >= 15 is 0 Å². The zero-order valence-corrected chi connectivity index (χ0v) is 12.1. The largest absolute Gasteiger partial charge is 0.465 e. The molecule has 0 radical (unpaired) electrons. The van der Waals surface area contributed by atoms with Gasteiger partial charge in [-0.1, -0.05) is 0 Å². The molecule has 1 N–H and O–H groups in total. The summed E-state index contributed by atoms with van der Waals surface area (Å²) in [4.78, 5) is 23.6. The van der Waals surface area contributed by atoms with Gasteiger partial charge in [0.25, 0.3) is 0 Å². The number of hydrogen-bond donors (Lipinski definition) is 1. The number of amides is 1. The molecule has 0 aromatic carbocycles. The number of anilines is 1. The van der Waals surface area contributed by atoms with Crippen molar-refractivity contribution in [2.45, 2.75) is 5.92 Å². The summed E-state index contributed by atoms with van der Waals surface area (Å²) < 4.78 is 7.35. The summed E-state index contributed by atoms with van der Waals surface area (Å²) in [6.07, 6.45) is 4.76. The number of morpholine rings is 1. The molecule has 4 rings (SSSR count). The third-order valence-corrected chi connectivity index (χ3v) is 4.26. The normalized spacial score (nSPS) is 19.5. The molecule has 22 heavy (non-hydrogen) atoms. The van der Waals surface area contributed by atoms with Crippen LogP contribution in [-0.4, -0.2) is 69.9 Å². The molecule has 2 aliphatic heterocycles. The second-order valence-electron chi connectivity index (χ2n) is 5.63. The Labute approximate surface area is 126 Å². The molecule has 8 heteroatoms. The van der Waals surface area contributed by atoms with Crippen molar-refractivity contribution in [1.29, 1.82) is 0 Å². The summed E-state index contributed by atoms with van der Waals surface area (Å²) in [6, 6.07) is 0. The maximum Gasteiger partial charge on any atom is 0.407 e. The summed E-state index contributed by atoms with van der Waals surface area (Å²) in [5.74, 6) is 1.04. The highest BCUT2D eigenvalue weighted by atomic mass is 16.5. The molecule has 0 spiro atoms. The minimum absolute atomic E-state index is 0.175. The van der Waals surface area contributed by atoms with Crippen molar-refractivity contribution in [3.63, 3.8) is 0 Å². The zero-order valence-electron chi connectivity index (χ0n) is 12.1. The second-order valence-corrected chi connectivity index (χ2v) is 5.63. The first kappa shape index (κ1) is 13.3. The minimum Gasteiger partial charge on any atom is -0.465 e. The zero-order chi connectivity index (χ0) is 15.1. The molecule has 0 saturated carbocycles. The van der Waals surface area contributed by atoms with Gasteiger partial charge < -0.3 is 24.0 Å². The number of imidazole rings is 1. The number of likely N-dealkylation sites (tertiary alicyclic amines) is 1. The van der Waals surface area contributed by atoms with E-state index in [-0.39, 0.29) is 5.92 Å². The lowest BCUT2D eigenvalue weighted by atomic mass is 9.98. The van der Waals surface area contributed by atoms with Gasteiger partial charge >= 0.3 is 6.09 Å². The summed E-state index contributed by atoms with van der Waals surface area (Å²) >= 11 is 0. The molecular formula is C14H17N5O3. The summed E-state index contributed by atoms with van der Waals surface area (Å²) in [6.45, 7) is 4.05. The molecule has 8 nitrogen and oxygen atoms in total. The fourth-order valence-corrected chi connectivity index (χ4v) is 2.94. The Morgan fingerprint density at radius 2 is 2.09 bits per heavy atom. The van der Waals surface area contributed by atoms with E-state index < -0.39 is 6.09 Å². The molecule has 2 fully saturated rings. The van der Waals surface area contributed by atoms with Crippen molar-refractivity contribution in [1.82, 2.24) is 19.3 Å². The number of rotatable bonds is 2. The van der Waals surface area contributed by atoms with Crippen LogP contribution in [0.15, 0.2) is 18.6 Å². The predicted octanol–water partition coefficient (Wildman–Crippen LogP) is 0.643. The SMILES string of the molecule is O=C(O)N1CC(c2cn3ccnc(N4CCOCC4)c3n2)C1. The minimum atomic E-state index is -0.865. The number of carboxylic acid groups (broad SMARTS) is 1. The first-order valence-electron chi connectivity index (χ1n) is 7.36. The smallest absolute Gasteiger partial charge is 0.407 e. The van der Waals surface area contributed by atoms with E-state index in [0.717, 1.165) is 30.2 Å². The van der Waals surface area contributed by atoms with Crippen LogP contribution in [0.25, 0.3) is 5.65 Å². The van der Waals surface area contributed by atoms with Gasteiger partial charge in [0.15, 0.2) is 11.5 Å². The number of ether oxygens (including phenoxy) is 1. The highest BCUT2D eigenvalue weighted by molar-refractivity contribution is 5.67. The van der Waals surface area contributed by atoms with Gasteiger partial charge in [0.2, 0.25) is 0 Å². The van der Waals surface area contributed by atoms with Crippen LogP contribution in [0.1, 0.15) is 11.6 Å². The van der Waals surface area contributed by atoms with Crippen LogP contribution in [-0.2, 0) is 4.74 Å². The van der Waals surface area contributed by atoms with Crippen LogP contribution >= 0.6 is 0 Å². The summed E-state index contributed by atoms with van der Waals surface area (Å²) in [7, 11) is 0. The lowest BCUT2D eigenvalue weighted by molar-refractivity contribution is 0.104. The van der Waals surface area contributed by atoms with Crippen molar-refractivity contribution >= 4 is 17.6 Å². The van der Waals surface area contributed by atoms with Crippen molar-refractivity contribution < 1.29 is 14.6 Å². The van der Waals surface area contributed by atoms with E-state index in [1.54, 1.807) is 6.20 Å². The molecule has 2 aliphatic rings. The maximum absolute atomic E-state index is 10.9. The van der Waals surface area contributed by atoms with E-state index in [1.807, 2.05) is 16.8 Å². The first-order valence-corrected chi connectivity index (χ1v) is 7.36. The van der Waals surface area contributed by atoms with Gasteiger partial charge in [0, 0.05) is 50.7 Å². The third kappa shape index (κ3) is 2.16. The van der Waals surface area contributed by atoms with Gasteiger partial charge in [-0.25, -0.2) is 14.8 Å². The van der Waals surface area contributed by atoms with Crippen molar-refractivity contribution in [3.8, 4) is 0 Å². The van der Waals surface area contributed by atoms with E-state index in [9.17, 15) is 4.79 Å². The highest BCUT2D eigenvalue weighted by Gasteiger charge is 2.33. The Balaban J connectivity index is 1.62. The number of fused-ring (bicyclic) bond motifs is 1. The van der Waals surface area contributed by atoms with E-state index in [1.165, 1.54) is 4.90 Å². The highest BCUT2D eigenvalue weighted by Crippen LogP contribution is 2.28. The lowest BCUT2D eigenvalue weighted by Gasteiger charge is -2.35. The van der Waals surface area contributed by atoms with Gasteiger partial charge in [-0.05, 0) is 0 Å². The first-order chi connectivity index (χ1) is 10.7. The molecule has 2 aromatic rings. The fourth-order valence-electron chi connectivity index (χ4n) is 2.94. The molecular weight excluding hydrogens is 286 g/mol. The Bertz CT molecular complexity index is 704. The molecule has 0 aliphatic carbocycles. The summed E-state index contributed by atoms with van der Waals surface area (Å²) in [5, 5.41) is 8.92. The van der Waals surface area contributed by atoms with Crippen molar-refractivity contribution in [3.05, 3.63) is 24.3 Å². The number of hydrogen-bond acceptors (Lipinski definition) is 5. The molecule has 0 atom stereocenters. The lowest BCUT2D eigenvalue weighted by Crippen LogP contribution is -2.47. The standard InChI is InChI=1S/C14H17N5O3/c20-14(21)19-7-10(8-19)11-9-18-2-1-15-12(13(18)16-11)17-3-5-22-6-4-17/h1-2,9-10H,3-8H2,(H,20,21). The van der Waals surface area contributed by atoms with Gasteiger partial charge in [0.05, 0.1) is 18.9 Å². The molecule has 2 aromatic heterocycles. The number of carbonyl (C=O) groups is 1. The molecule has 1 amide bonds. The Morgan fingerprint density at radius 3 is 2.82 bits per heavy atom. The monoisotopic (exact) mass is 303 g/mol. The molecule has 0 unspecified atom stereocenters. The van der Waals surface area contributed by atoms with Crippen LogP contribution in [0, 0.1) is 0 Å². The average Bonchev–Trinajstić information content (AvgIpc) is 2.89. The predicted molar refractivity (Wildman–Crippen MR) is 78.4 cm³/mol. The van der Waals surface area contributed by atoms with Gasteiger partial charge in [-0.2, -0.15) is 0 Å². The number of aromatic nitrogens is 3. The number of nitrogens with zero attached hydrogens (tertiary/aromatic N) is 5. The van der Waals surface area contributed by atoms with E-state index in [0.29, 0.717) is 26.3 Å². The van der Waals surface area contributed by atoms with E-state index in [4.69, 9.17) is 14.8 Å².